The molecule has 0 aromatic heterocycles. The summed E-state index contributed by atoms with van der Waals surface area (Å²) in [6.07, 6.45) is -0.0497. The molecular formula is C15H14NO4PS2. The van der Waals surface area contributed by atoms with Crippen LogP contribution in [0.5, 0.6) is 5.75 Å². The van der Waals surface area contributed by atoms with E-state index in [9.17, 15) is 10.1 Å². The van der Waals surface area contributed by atoms with Crippen LogP contribution in [-0.2, 0) is 16.3 Å². The normalized spacial score (nSPS) is 26.8. The zero-order valence-corrected chi connectivity index (χ0v) is 14.7. The molecule has 2 aromatic rings. The highest BCUT2D eigenvalue weighted by Gasteiger charge is 2.41. The number of hydrogen-bond acceptors (Lipinski definition) is 6. The quantitative estimate of drug-likeness (QED) is 0.426. The Kier molecular flexibility index (Phi) is 4.73. The Bertz CT molecular complexity index is 754. The molecule has 5 nitrogen and oxygen atoms in total. The summed E-state index contributed by atoms with van der Waals surface area (Å²) in [5.74, 6) is 0.493. The molecule has 3 atom stereocenters. The molecule has 3 rings (SSSR count). The molecule has 1 heterocycles. The number of benzene rings is 2. The number of nitro benzene ring substituents is 1. The van der Waals surface area contributed by atoms with Crippen LogP contribution in [0.3, 0.4) is 0 Å². The van der Waals surface area contributed by atoms with Crippen LogP contribution in [0.1, 0.15) is 17.7 Å². The molecular weight excluding hydrogens is 353 g/mol. The Morgan fingerprint density at radius 2 is 1.87 bits per heavy atom. The third kappa shape index (κ3) is 3.75. The van der Waals surface area contributed by atoms with Gasteiger partial charge in [-0.05, 0) is 47.8 Å². The molecule has 0 saturated carbocycles. The number of nitro groups is 1. The summed E-state index contributed by atoms with van der Waals surface area (Å²) in [5, 5.41) is 10.8. The summed E-state index contributed by atoms with van der Waals surface area (Å²) in [7, 11) is 0. The zero-order chi connectivity index (χ0) is 16.4. The van der Waals surface area contributed by atoms with Crippen molar-refractivity contribution in [3.05, 3.63) is 70.3 Å². The molecule has 1 aliphatic rings. The molecule has 0 amide bonds. The van der Waals surface area contributed by atoms with E-state index in [1.165, 1.54) is 23.5 Å². The van der Waals surface area contributed by atoms with Gasteiger partial charge in [0.2, 0.25) is 0 Å². The molecule has 8 heteroatoms. The zero-order valence-electron chi connectivity index (χ0n) is 12.2. The largest absolute Gasteiger partial charge is 0.436 e. The van der Waals surface area contributed by atoms with Crippen molar-refractivity contribution in [3.8, 4) is 5.75 Å². The monoisotopic (exact) mass is 367 g/mol. The number of non-ortho nitro benzene ring substituents is 1. The smallest absolute Gasteiger partial charge is 0.298 e. The summed E-state index contributed by atoms with van der Waals surface area (Å²) in [4.78, 5) is 10.2. The van der Waals surface area contributed by atoms with Crippen molar-refractivity contribution < 1.29 is 14.0 Å². The van der Waals surface area contributed by atoms with Gasteiger partial charge in [0.15, 0.2) is 0 Å². The van der Waals surface area contributed by atoms with Crippen molar-refractivity contribution >= 4 is 34.6 Å². The van der Waals surface area contributed by atoms with Gasteiger partial charge in [0.25, 0.3) is 11.4 Å². The Morgan fingerprint density at radius 1 is 1.22 bits per heavy atom. The molecule has 0 spiro atoms. The van der Waals surface area contributed by atoms with Gasteiger partial charge >= 0.3 is 0 Å². The maximum absolute atomic E-state index is 10.7. The van der Waals surface area contributed by atoms with Gasteiger partial charge in [-0.1, -0.05) is 30.3 Å². The van der Waals surface area contributed by atoms with Crippen molar-refractivity contribution in [2.75, 3.05) is 0 Å². The summed E-state index contributed by atoms with van der Waals surface area (Å²) in [5.41, 5.74) is -1.35. The Balaban J connectivity index is 1.75. The number of hydrogen-bond donors (Lipinski definition) is 0. The predicted octanol–water partition coefficient (Wildman–Crippen LogP) is 5.09. The third-order valence-corrected chi connectivity index (χ3v) is 8.72. The second-order valence-corrected chi connectivity index (χ2v) is 11.3. The van der Waals surface area contributed by atoms with Crippen LogP contribution in [0.4, 0.5) is 5.69 Å². The Morgan fingerprint density at radius 3 is 2.48 bits per heavy atom. The average molecular weight is 367 g/mol. The first kappa shape index (κ1) is 16.5. The Labute approximate surface area is 143 Å². The second kappa shape index (κ2) is 6.61. The molecule has 1 aliphatic heterocycles. The first-order valence-electron chi connectivity index (χ1n) is 6.93. The Hall–Kier alpha value is -1.40. The topological polar surface area (TPSA) is 61.6 Å². The van der Waals surface area contributed by atoms with E-state index in [4.69, 9.17) is 20.9 Å². The molecule has 120 valence electrons. The summed E-state index contributed by atoms with van der Waals surface area (Å²) >= 11 is 7.11. The van der Waals surface area contributed by atoms with E-state index in [1.807, 2.05) is 37.3 Å². The van der Waals surface area contributed by atoms with Gasteiger partial charge in [0.1, 0.15) is 5.75 Å². The average Bonchev–Trinajstić information content (AvgIpc) is 2.83. The fourth-order valence-corrected chi connectivity index (χ4v) is 8.35. The van der Waals surface area contributed by atoms with Crippen molar-refractivity contribution in [2.24, 2.45) is 0 Å². The van der Waals surface area contributed by atoms with Crippen molar-refractivity contribution in [3.63, 3.8) is 0 Å². The van der Waals surface area contributed by atoms with Crippen LogP contribution in [0.25, 0.3) is 0 Å². The second-order valence-electron chi connectivity index (χ2n) is 5.04. The lowest BCUT2D eigenvalue weighted by molar-refractivity contribution is -0.384. The molecule has 0 radical (unpaired) electrons. The van der Waals surface area contributed by atoms with Gasteiger partial charge in [-0.25, -0.2) is 0 Å². The van der Waals surface area contributed by atoms with Crippen LogP contribution in [-0.4, -0.2) is 11.0 Å². The van der Waals surface area contributed by atoms with E-state index in [1.54, 1.807) is 12.1 Å². The van der Waals surface area contributed by atoms with Gasteiger partial charge in [-0.15, -0.1) is 0 Å². The highest BCUT2D eigenvalue weighted by Crippen LogP contribution is 2.72. The predicted molar refractivity (Wildman–Crippen MR) is 95.3 cm³/mol. The maximum Gasteiger partial charge on any atom is 0.298 e. The van der Waals surface area contributed by atoms with Gasteiger partial charge < -0.3 is 9.05 Å². The van der Waals surface area contributed by atoms with Gasteiger partial charge in [-0.2, -0.15) is 0 Å². The minimum atomic E-state index is -2.53. The first-order chi connectivity index (χ1) is 11.0. The molecule has 1 saturated heterocycles. The summed E-state index contributed by atoms with van der Waals surface area (Å²) < 4.78 is 11.8. The molecule has 23 heavy (non-hydrogen) atoms. The number of nitrogens with zero attached hydrogens (tertiary/aromatic N) is 1. The van der Waals surface area contributed by atoms with Gasteiger partial charge in [0.05, 0.1) is 16.3 Å². The highest BCUT2D eigenvalue weighted by atomic mass is 32.9. The fraction of sp³-hybridized carbons (Fsp3) is 0.200. The van der Waals surface area contributed by atoms with E-state index < -0.39 is 10.6 Å². The highest BCUT2D eigenvalue weighted by molar-refractivity contribution is 8.68. The van der Waals surface area contributed by atoms with E-state index in [0.29, 0.717) is 5.75 Å². The van der Waals surface area contributed by atoms with Crippen LogP contribution in [0.2, 0.25) is 0 Å². The SMILES string of the molecule is C[C@H]1OP(=S)(Oc2ccc([N+](=O)[O-])cc2)S[C@H]1c1ccccc1. The summed E-state index contributed by atoms with van der Waals surface area (Å²) in [6.45, 7) is 1.98. The van der Waals surface area contributed by atoms with E-state index in [2.05, 4.69) is 0 Å². The molecule has 0 N–H and O–H groups in total. The molecule has 1 unspecified atom stereocenters. The standard InChI is InChI=1S/C15H14NO4PS2/c1-11-15(12-5-3-2-4-6-12)23-21(22,19-11)20-14-9-7-13(8-10-14)16(17)18/h2-11,15H,1H3/t11-,15-,21?/m1/s1. The molecule has 0 aliphatic carbocycles. The molecule has 0 bridgehead atoms. The maximum atomic E-state index is 10.7. The first-order valence-corrected chi connectivity index (χ1v) is 11.0. The van der Waals surface area contributed by atoms with Gasteiger partial charge in [0, 0.05) is 12.1 Å². The summed E-state index contributed by atoms with van der Waals surface area (Å²) in [6, 6.07) is 15.9. The van der Waals surface area contributed by atoms with E-state index in [-0.39, 0.29) is 17.0 Å². The lowest BCUT2D eigenvalue weighted by Crippen LogP contribution is -2.07. The van der Waals surface area contributed by atoms with E-state index in [0.717, 1.165) is 5.56 Å². The van der Waals surface area contributed by atoms with Gasteiger partial charge in [-0.3, -0.25) is 10.1 Å². The van der Waals surface area contributed by atoms with Crippen molar-refractivity contribution in [1.29, 1.82) is 0 Å². The van der Waals surface area contributed by atoms with Crippen molar-refractivity contribution in [2.45, 2.75) is 18.3 Å². The van der Waals surface area contributed by atoms with Crippen molar-refractivity contribution in [1.82, 2.24) is 0 Å². The van der Waals surface area contributed by atoms with Crippen LogP contribution < -0.4 is 4.52 Å². The minimum absolute atomic E-state index is 0.0182. The third-order valence-electron chi connectivity index (χ3n) is 3.36. The molecule has 1 fully saturated rings. The molecule has 2 aromatic carbocycles. The van der Waals surface area contributed by atoms with Crippen LogP contribution >= 0.6 is 17.1 Å². The van der Waals surface area contributed by atoms with E-state index >= 15 is 0 Å². The fourth-order valence-electron chi connectivity index (χ4n) is 2.28. The number of rotatable bonds is 4. The lowest BCUT2D eigenvalue weighted by Gasteiger charge is -2.15. The van der Waals surface area contributed by atoms with Crippen LogP contribution in [0.15, 0.2) is 54.6 Å². The lowest BCUT2D eigenvalue weighted by atomic mass is 10.1. The van der Waals surface area contributed by atoms with Crippen LogP contribution in [0, 0.1) is 10.1 Å². The minimum Gasteiger partial charge on any atom is -0.436 e.